The summed E-state index contributed by atoms with van der Waals surface area (Å²) in [4.78, 5) is 15.3. The summed E-state index contributed by atoms with van der Waals surface area (Å²) in [6.45, 7) is 2.99. The van der Waals surface area contributed by atoms with E-state index in [0.717, 1.165) is 54.7 Å². The summed E-state index contributed by atoms with van der Waals surface area (Å²) in [6, 6.07) is 16.6. The quantitative estimate of drug-likeness (QED) is 0.412. The highest BCUT2D eigenvalue weighted by molar-refractivity contribution is 6.31. The van der Waals surface area contributed by atoms with Gasteiger partial charge in [-0.05, 0) is 38.7 Å². The molecular weight excluding hydrogens is 440 g/mol. The fourth-order valence-corrected chi connectivity index (χ4v) is 7.26. The maximum atomic E-state index is 13.3. The van der Waals surface area contributed by atoms with Crippen molar-refractivity contribution in [2.24, 2.45) is 0 Å². The maximum Gasteiger partial charge on any atom is 0.252 e. The van der Waals surface area contributed by atoms with Crippen molar-refractivity contribution in [2.45, 2.75) is 37.4 Å². The van der Waals surface area contributed by atoms with E-state index in [2.05, 4.69) is 38.7 Å². The number of likely N-dealkylation sites (N-methyl/N-ethyl adjacent to an activating group) is 1. The molecule has 0 radical (unpaired) electrons. The highest BCUT2D eigenvalue weighted by Gasteiger charge is 2.61. The summed E-state index contributed by atoms with van der Waals surface area (Å²) in [5, 5.41) is 19.6. The second-order valence-electron chi connectivity index (χ2n) is 10.8. The van der Waals surface area contributed by atoms with Gasteiger partial charge < -0.3 is 29.2 Å². The number of para-hydroxylation sites is 2. The second kappa shape index (κ2) is 6.05. The zero-order valence-electron chi connectivity index (χ0n) is 19.9. The van der Waals surface area contributed by atoms with Gasteiger partial charge in [0.05, 0.1) is 27.6 Å². The Hall–Kier alpha value is -3.39. The highest BCUT2D eigenvalue weighted by Crippen LogP contribution is 2.57. The molecular formula is C28H26N4O3. The second-order valence-corrected chi connectivity index (χ2v) is 10.8. The number of carbonyl (C=O) groups is 1. The predicted molar refractivity (Wildman–Crippen MR) is 136 cm³/mol. The molecule has 8 rings (SSSR count). The number of nitrogens with one attached hydrogen (secondary N) is 1. The molecule has 3 aliphatic heterocycles. The van der Waals surface area contributed by atoms with Crippen molar-refractivity contribution in [3.63, 3.8) is 0 Å². The van der Waals surface area contributed by atoms with Crippen LogP contribution in [0.25, 0.3) is 43.6 Å². The lowest BCUT2D eigenvalue weighted by molar-refractivity contribution is -0.181. The number of rotatable bonds is 2. The largest absolute Gasteiger partial charge is 0.383 e. The number of hydrogen-bond acceptors (Lipinski definition) is 4. The van der Waals surface area contributed by atoms with Crippen molar-refractivity contribution in [2.75, 3.05) is 20.6 Å². The SMILES string of the molecule is CN(C)CC1(O)CC2OC1(C)n1c3ccccc3c3c4c(c5c6ccccc6n2c5c31)C(=O)NC4. The van der Waals surface area contributed by atoms with Crippen molar-refractivity contribution in [1.82, 2.24) is 19.4 Å². The van der Waals surface area contributed by atoms with Gasteiger partial charge in [0.25, 0.3) is 5.91 Å². The highest BCUT2D eigenvalue weighted by atomic mass is 16.6. The first kappa shape index (κ1) is 19.9. The van der Waals surface area contributed by atoms with Gasteiger partial charge in [-0.1, -0.05) is 36.4 Å². The lowest BCUT2D eigenvalue weighted by Crippen LogP contribution is -2.55. The van der Waals surface area contributed by atoms with E-state index in [1.54, 1.807) is 0 Å². The van der Waals surface area contributed by atoms with Gasteiger partial charge in [0.2, 0.25) is 0 Å². The van der Waals surface area contributed by atoms with Gasteiger partial charge in [-0.2, -0.15) is 0 Å². The molecule has 5 heterocycles. The maximum absolute atomic E-state index is 13.3. The lowest BCUT2D eigenvalue weighted by atomic mass is 9.88. The molecule has 1 fully saturated rings. The molecule has 1 amide bonds. The molecule has 176 valence electrons. The first-order valence-electron chi connectivity index (χ1n) is 12.2. The molecule has 0 aliphatic carbocycles. The molecule has 2 N–H and O–H groups in total. The van der Waals surface area contributed by atoms with Crippen LogP contribution in [0.3, 0.4) is 0 Å². The zero-order valence-corrected chi connectivity index (χ0v) is 19.9. The molecule has 3 aliphatic rings. The third-order valence-electron chi connectivity index (χ3n) is 8.55. The standard InChI is InChI=1S/C28H26N4O3/c1-27-28(34,14-30(2)3)12-20(35-27)31-18-10-6-4-8-15(18)22-23-17(13-29-26(23)33)21-16-9-5-7-11-19(16)32(27)25(21)24(22)31/h4-11,20,34H,12-14H2,1-3H3,(H,29,33). The topological polar surface area (TPSA) is 71.7 Å². The molecule has 2 aromatic heterocycles. The lowest BCUT2D eigenvalue weighted by Gasteiger charge is -2.41. The smallest absolute Gasteiger partial charge is 0.252 e. The van der Waals surface area contributed by atoms with E-state index in [9.17, 15) is 9.90 Å². The van der Waals surface area contributed by atoms with Gasteiger partial charge in [-0.3, -0.25) is 4.79 Å². The molecule has 5 aromatic rings. The minimum absolute atomic E-state index is 0.0210. The first-order valence-corrected chi connectivity index (χ1v) is 12.2. The molecule has 3 atom stereocenters. The zero-order chi connectivity index (χ0) is 23.9. The van der Waals surface area contributed by atoms with Gasteiger partial charge >= 0.3 is 0 Å². The summed E-state index contributed by atoms with van der Waals surface area (Å²) in [5.74, 6) is -0.0210. The van der Waals surface area contributed by atoms with Crippen LogP contribution < -0.4 is 5.32 Å². The molecule has 0 saturated carbocycles. The molecule has 0 spiro atoms. The van der Waals surface area contributed by atoms with Crippen molar-refractivity contribution in [3.05, 3.63) is 59.7 Å². The Balaban J connectivity index is 1.70. The summed E-state index contributed by atoms with van der Waals surface area (Å²) < 4.78 is 11.4. The van der Waals surface area contributed by atoms with E-state index >= 15 is 0 Å². The van der Waals surface area contributed by atoms with Crippen LogP contribution in [0, 0.1) is 0 Å². The summed E-state index contributed by atoms with van der Waals surface area (Å²) in [6.07, 6.45) is 0.0864. The van der Waals surface area contributed by atoms with Crippen molar-refractivity contribution < 1.29 is 14.6 Å². The Morgan fingerprint density at radius 2 is 1.74 bits per heavy atom. The predicted octanol–water partition coefficient (Wildman–Crippen LogP) is 4.04. The third kappa shape index (κ3) is 2.09. The van der Waals surface area contributed by atoms with Gasteiger partial charge in [0.15, 0.2) is 5.72 Å². The van der Waals surface area contributed by atoms with Crippen molar-refractivity contribution in [1.29, 1.82) is 0 Å². The number of hydrogen-bond donors (Lipinski definition) is 2. The van der Waals surface area contributed by atoms with Crippen molar-refractivity contribution in [3.8, 4) is 0 Å². The molecule has 2 bridgehead atoms. The monoisotopic (exact) mass is 466 g/mol. The number of carbonyl (C=O) groups excluding carboxylic acids is 1. The van der Waals surface area contributed by atoms with Crippen LogP contribution in [-0.4, -0.2) is 51.3 Å². The molecule has 7 nitrogen and oxygen atoms in total. The Morgan fingerprint density at radius 1 is 1.06 bits per heavy atom. The number of nitrogens with zero attached hydrogens (tertiary/aromatic N) is 3. The number of aliphatic hydroxyl groups is 1. The van der Waals surface area contributed by atoms with Crippen LogP contribution >= 0.6 is 0 Å². The summed E-state index contributed by atoms with van der Waals surface area (Å²) >= 11 is 0. The average Bonchev–Trinajstić information content (AvgIpc) is 3.50. The van der Waals surface area contributed by atoms with E-state index in [-0.39, 0.29) is 12.1 Å². The molecule has 7 heteroatoms. The fourth-order valence-electron chi connectivity index (χ4n) is 7.26. The summed E-state index contributed by atoms with van der Waals surface area (Å²) in [7, 11) is 3.98. The van der Waals surface area contributed by atoms with E-state index in [0.29, 0.717) is 19.5 Å². The molecule has 3 unspecified atom stereocenters. The van der Waals surface area contributed by atoms with Gasteiger partial charge in [0, 0.05) is 41.1 Å². The Kier molecular flexibility index (Phi) is 3.43. The normalized spacial score (nSPS) is 27.1. The number of amides is 1. The van der Waals surface area contributed by atoms with Gasteiger partial charge in [-0.25, -0.2) is 0 Å². The third-order valence-corrected chi connectivity index (χ3v) is 8.55. The van der Waals surface area contributed by atoms with E-state index in [1.165, 1.54) is 0 Å². The minimum atomic E-state index is -1.13. The Labute approximate surface area is 201 Å². The van der Waals surface area contributed by atoms with Crippen LogP contribution in [0.4, 0.5) is 0 Å². The van der Waals surface area contributed by atoms with Gasteiger partial charge in [0.1, 0.15) is 11.8 Å². The molecule has 3 aromatic carbocycles. The summed E-state index contributed by atoms with van der Waals surface area (Å²) in [5.41, 5.74) is 3.78. The van der Waals surface area contributed by atoms with Gasteiger partial charge in [-0.15, -0.1) is 0 Å². The van der Waals surface area contributed by atoms with Crippen LogP contribution in [0.1, 0.15) is 35.5 Å². The molecule has 1 saturated heterocycles. The number of fused-ring (bicyclic) bond motifs is 13. The van der Waals surface area contributed by atoms with Crippen LogP contribution in [0.5, 0.6) is 0 Å². The van der Waals surface area contributed by atoms with Crippen LogP contribution in [-0.2, 0) is 17.0 Å². The fraction of sp³-hybridized carbons (Fsp3) is 0.321. The minimum Gasteiger partial charge on any atom is -0.383 e. The van der Waals surface area contributed by atoms with E-state index < -0.39 is 11.3 Å². The molecule has 35 heavy (non-hydrogen) atoms. The van der Waals surface area contributed by atoms with E-state index in [4.69, 9.17) is 4.74 Å². The van der Waals surface area contributed by atoms with Crippen LogP contribution in [0.2, 0.25) is 0 Å². The van der Waals surface area contributed by atoms with Crippen LogP contribution in [0.15, 0.2) is 48.5 Å². The number of aromatic nitrogens is 2. The average molecular weight is 467 g/mol. The Bertz CT molecular complexity index is 1780. The first-order chi connectivity index (χ1) is 16.8. The Morgan fingerprint density at radius 3 is 2.49 bits per heavy atom. The van der Waals surface area contributed by atoms with E-state index in [1.807, 2.05) is 50.2 Å². The number of ether oxygens (including phenoxy) is 1. The van der Waals surface area contributed by atoms with Crippen molar-refractivity contribution >= 4 is 49.5 Å². The number of benzene rings is 3.